The Kier molecular flexibility index (Phi) is 5.35. The molecule has 3 rings (SSSR count). The van der Waals surface area contributed by atoms with Gasteiger partial charge in [-0.2, -0.15) is 13.2 Å². The zero-order valence-electron chi connectivity index (χ0n) is 15.3. The van der Waals surface area contributed by atoms with Gasteiger partial charge in [0.15, 0.2) is 0 Å². The van der Waals surface area contributed by atoms with Gasteiger partial charge in [0.05, 0.1) is 23.0 Å². The smallest absolute Gasteiger partial charge is 0.354 e. The average Bonchev–Trinajstić information content (AvgIpc) is 2.64. The summed E-state index contributed by atoms with van der Waals surface area (Å²) in [4.78, 5) is 16.5. The van der Waals surface area contributed by atoms with Gasteiger partial charge in [-0.15, -0.1) is 0 Å². The van der Waals surface area contributed by atoms with Crippen molar-refractivity contribution in [3.63, 3.8) is 0 Å². The molecule has 1 aromatic heterocycles. The Morgan fingerprint density at radius 1 is 0.964 bits per heavy atom. The standard InChI is InChI=1S/C21H18F3N3O/c1-13-6-7-19(14(2)8-13)26-18-9-15(11-25-12-18)20(28)27-17-5-3-4-16(10-17)21(22,23)24/h3-12,26H,1-2H3,(H,27,28). The van der Waals surface area contributed by atoms with Gasteiger partial charge in [0.25, 0.3) is 5.91 Å². The van der Waals surface area contributed by atoms with Gasteiger partial charge >= 0.3 is 6.18 Å². The van der Waals surface area contributed by atoms with Crippen LogP contribution in [0.4, 0.5) is 30.2 Å². The van der Waals surface area contributed by atoms with Gasteiger partial charge in [-0.1, -0.05) is 23.8 Å². The molecule has 2 N–H and O–H groups in total. The highest BCUT2D eigenvalue weighted by molar-refractivity contribution is 6.04. The highest BCUT2D eigenvalue weighted by Gasteiger charge is 2.30. The molecule has 3 aromatic rings. The van der Waals surface area contributed by atoms with Crippen LogP contribution in [0.3, 0.4) is 0 Å². The van der Waals surface area contributed by atoms with E-state index in [2.05, 4.69) is 15.6 Å². The molecule has 0 radical (unpaired) electrons. The van der Waals surface area contributed by atoms with E-state index in [4.69, 9.17) is 0 Å². The van der Waals surface area contributed by atoms with E-state index in [1.807, 2.05) is 32.0 Å². The van der Waals surface area contributed by atoms with Crippen LogP contribution in [0.15, 0.2) is 60.9 Å². The number of anilines is 3. The second-order valence-corrected chi connectivity index (χ2v) is 6.44. The normalized spacial score (nSPS) is 11.2. The van der Waals surface area contributed by atoms with Crippen LogP contribution in [0.25, 0.3) is 0 Å². The van der Waals surface area contributed by atoms with Crippen molar-refractivity contribution in [2.45, 2.75) is 20.0 Å². The molecule has 0 saturated carbocycles. The van der Waals surface area contributed by atoms with Crippen molar-refractivity contribution < 1.29 is 18.0 Å². The molecule has 1 heterocycles. The maximum absolute atomic E-state index is 12.8. The number of amides is 1. The Hall–Kier alpha value is -3.35. The largest absolute Gasteiger partial charge is 0.416 e. The maximum atomic E-state index is 12.8. The molecule has 0 aliphatic carbocycles. The second-order valence-electron chi connectivity index (χ2n) is 6.44. The number of benzene rings is 2. The number of hydrogen-bond donors (Lipinski definition) is 2. The van der Waals surface area contributed by atoms with Crippen LogP contribution in [-0.4, -0.2) is 10.9 Å². The van der Waals surface area contributed by atoms with Crippen LogP contribution in [0, 0.1) is 13.8 Å². The van der Waals surface area contributed by atoms with Gasteiger partial charge < -0.3 is 10.6 Å². The number of nitrogens with one attached hydrogen (secondary N) is 2. The molecule has 0 aliphatic rings. The molecule has 1 amide bonds. The summed E-state index contributed by atoms with van der Waals surface area (Å²) in [7, 11) is 0. The summed E-state index contributed by atoms with van der Waals surface area (Å²) in [5, 5.41) is 5.67. The minimum Gasteiger partial charge on any atom is -0.354 e. The first-order valence-corrected chi connectivity index (χ1v) is 8.50. The van der Waals surface area contributed by atoms with E-state index < -0.39 is 17.6 Å². The quantitative estimate of drug-likeness (QED) is 0.605. The number of rotatable bonds is 4. The Labute approximate surface area is 160 Å². The van der Waals surface area contributed by atoms with Gasteiger partial charge in [-0.3, -0.25) is 9.78 Å². The molecule has 0 bridgehead atoms. The number of pyridine rings is 1. The lowest BCUT2D eigenvalue weighted by Crippen LogP contribution is -2.13. The first-order chi connectivity index (χ1) is 13.2. The summed E-state index contributed by atoms with van der Waals surface area (Å²) in [6.07, 6.45) is -1.55. The number of carbonyl (C=O) groups is 1. The summed E-state index contributed by atoms with van der Waals surface area (Å²) in [6.45, 7) is 3.96. The van der Waals surface area contributed by atoms with Gasteiger partial charge in [-0.05, 0) is 49.7 Å². The zero-order valence-corrected chi connectivity index (χ0v) is 15.3. The molecule has 28 heavy (non-hydrogen) atoms. The molecule has 0 atom stereocenters. The minimum atomic E-state index is -4.47. The van der Waals surface area contributed by atoms with E-state index in [-0.39, 0.29) is 11.3 Å². The van der Waals surface area contributed by atoms with E-state index in [0.717, 1.165) is 28.9 Å². The van der Waals surface area contributed by atoms with Crippen molar-refractivity contribution in [2.75, 3.05) is 10.6 Å². The van der Waals surface area contributed by atoms with E-state index in [9.17, 15) is 18.0 Å². The summed E-state index contributed by atoms with van der Waals surface area (Å²) >= 11 is 0. The van der Waals surface area contributed by atoms with E-state index in [1.54, 1.807) is 12.3 Å². The monoisotopic (exact) mass is 385 g/mol. The highest BCUT2D eigenvalue weighted by atomic mass is 19.4. The predicted octanol–water partition coefficient (Wildman–Crippen LogP) is 5.71. The molecule has 4 nitrogen and oxygen atoms in total. The molecule has 0 unspecified atom stereocenters. The fourth-order valence-corrected chi connectivity index (χ4v) is 2.72. The lowest BCUT2D eigenvalue weighted by molar-refractivity contribution is -0.137. The molecule has 0 saturated heterocycles. The third-order valence-electron chi connectivity index (χ3n) is 4.11. The van der Waals surface area contributed by atoms with Crippen molar-refractivity contribution in [3.8, 4) is 0 Å². The molecular formula is C21H18F3N3O. The summed E-state index contributed by atoms with van der Waals surface area (Å²) in [6, 6.07) is 12.0. The van der Waals surface area contributed by atoms with E-state index in [0.29, 0.717) is 5.69 Å². The lowest BCUT2D eigenvalue weighted by atomic mass is 10.1. The van der Waals surface area contributed by atoms with Crippen LogP contribution in [0.5, 0.6) is 0 Å². The van der Waals surface area contributed by atoms with Crippen molar-refractivity contribution >= 4 is 23.0 Å². The first kappa shape index (κ1) is 19.4. The Balaban J connectivity index is 1.77. The van der Waals surface area contributed by atoms with Crippen LogP contribution in [0.1, 0.15) is 27.0 Å². The van der Waals surface area contributed by atoms with Crippen molar-refractivity contribution in [1.29, 1.82) is 0 Å². The van der Waals surface area contributed by atoms with Crippen LogP contribution in [-0.2, 0) is 6.18 Å². The molecule has 0 spiro atoms. The lowest BCUT2D eigenvalue weighted by Gasteiger charge is -2.12. The third-order valence-corrected chi connectivity index (χ3v) is 4.11. The number of aromatic nitrogens is 1. The van der Waals surface area contributed by atoms with Gasteiger partial charge in [0.1, 0.15) is 0 Å². The fourth-order valence-electron chi connectivity index (χ4n) is 2.72. The van der Waals surface area contributed by atoms with Crippen LogP contribution < -0.4 is 10.6 Å². The number of halogens is 3. The molecule has 7 heteroatoms. The van der Waals surface area contributed by atoms with Gasteiger partial charge in [0.2, 0.25) is 0 Å². The Morgan fingerprint density at radius 2 is 1.75 bits per heavy atom. The van der Waals surface area contributed by atoms with E-state index >= 15 is 0 Å². The van der Waals surface area contributed by atoms with Gasteiger partial charge in [-0.25, -0.2) is 0 Å². The summed E-state index contributed by atoms with van der Waals surface area (Å²) in [5.74, 6) is -0.545. The SMILES string of the molecule is Cc1ccc(Nc2cncc(C(=O)Nc3cccc(C(F)(F)F)c3)c2)c(C)c1. The van der Waals surface area contributed by atoms with Crippen LogP contribution >= 0.6 is 0 Å². The number of alkyl halides is 3. The Morgan fingerprint density at radius 3 is 2.46 bits per heavy atom. The number of carbonyl (C=O) groups excluding carboxylic acids is 1. The van der Waals surface area contributed by atoms with Crippen molar-refractivity contribution in [3.05, 3.63) is 83.2 Å². The third kappa shape index (κ3) is 4.68. The predicted molar refractivity (Wildman–Crippen MR) is 103 cm³/mol. The van der Waals surface area contributed by atoms with Crippen molar-refractivity contribution in [2.24, 2.45) is 0 Å². The average molecular weight is 385 g/mol. The zero-order chi connectivity index (χ0) is 20.3. The van der Waals surface area contributed by atoms with Crippen molar-refractivity contribution in [1.82, 2.24) is 4.98 Å². The molecule has 144 valence electrons. The highest BCUT2D eigenvalue weighted by Crippen LogP contribution is 2.30. The minimum absolute atomic E-state index is 0.0626. The summed E-state index contributed by atoms with van der Waals surface area (Å²) < 4.78 is 38.4. The summed E-state index contributed by atoms with van der Waals surface area (Å²) in [5.41, 5.74) is 3.12. The van der Waals surface area contributed by atoms with Crippen LogP contribution in [0.2, 0.25) is 0 Å². The number of aryl methyl sites for hydroxylation is 2. The number of nitrogens with zero attached hydrogens (tertiary/aromatic N) is 1. The fraction of sp³-hybridized carbons (Fsp3) is 0.143. The molecule has 0 fully saturated rings. The maximum Gasteiger partial charge on any atom is 0.416 e. The first-order valence-electron chi connectivity index (χ1n) is 8.50. The molecule has 0 aliphatic heterocycles. The Bertz CT molecular complexity index is 1020. The molecule has 2 aromatic carbocycles. The molecular weight excluding hydrogens is 367 g/mol. The number of hydrogen-bond acceptors (Lipinski definition) is 3. The van der Waals surface area contributed by atoms with Gasteiger partial charge in [0, 0.05) is 17.6 Å². The second kappa shape index (κ2) is 7.72. The topological polar surface area (TPSA) is 54.0 Å². The van der Waals surface area contributed by atoms with E-state index in [1.165, 1.54) is 18.3 Å².